The molecule has 0 unspecified atom stereocenters. The molecule has 0 saturated carbocycles. The van der Waals surface area contributed by atoms with Gasteiger partial charge in [0.05, 0.1) is 0 Å². The lowest BCUT2D eigenvalue weighted by Crippen LogP contribution is -2.53. The summed E-state index contributed by atoms with van der Waals surface area (Å²) in [6.07, 6.45) is 0. The van der Waals surface area contributed by atoms with Gasteiger partial charge in [-0.25, -0.2) is 4.79 Å². The summed E-state index contributed by atoms with van der Waals surface area (Å²) in [5.41, 5.74) is 1.68. The Labute approximate surface area is 150 Å². The Balaban J connectivity index is 1.49. The van der Waals surface area contributed by atoms with Crippen LogP contribution in [0.2, 0.25) is 0 Å². The first-order chi connectivity index (χ1) is 12.0. The fourth-order valence-corrected chi connectivity index (χ4v) is 3.50. The highest BCUT2D eigenvalue weighted by atomic mass is 32.1. The zero-order chi connectivity index (χ0) is 17.8. The van der Waals surface area contributed by atoms with E-state index >= 15 is 0 Å². The van der Waals surface area contributed by atoms with Crippen LogP contribution in [0.3, 0.4) is 0 Å². The summed E-state index contributed by atoms with van der Waals surface area (Å²) >= 11 is 1.67. The van der Waals surface area contributed by atoms with Crippen LogP contribution in [0.5, 0.6) is 5.75 Å². The number of nitrogens with zero attached hydrogens (tertiary/aromatic N) is 2. The molecule has 2 N–H and O–H groups in total. The molecule has 0 atom stereocenters. The summed E-state index contributed by atoms with van der Waals surface area (Å²) in [5, 5.41) is 14.3. The van der Waals surface area contributed by atoms with Crippen LogP contribution in [0, 0.1) is 6.92 Å². The van der Waals surface area contributed by atoms with Crippen molar-refractivity contribution in [2.75, 3.05) is 26.2 Å². The van der Waals surface area contributed by atoms with Crippen molar-refractivity contribution in [3.05, 3.63) is 51.7 Å². The average Bonchev–Trinajstić information content (AvgIpc) is 3.05. The molecule has 3 amide bonds. The van der Waals surface area contributed by atoms with Crippen LogP contribution in [0.15, 0.2) is 35.7 Å². The molecule has 6 nitrogen and oxygen atoms in total. The zero-order valence-electron chi connectivity index (χ0n) is 14.1. The number of aromatic hydroxyl groups is 1. The number of urea groups is 1. The number of thiophene rings is 1. The molecule has 7 heteroatoms. The van der Waals surface area contributed by atoms with Gasteiger partial charge >= 0.3 is 6.03 Å². The Bertz CT molecular complexity index is 749. The van der Waals surface area contributed by atoms with Crippen LogP contribution < -0.4 is 5.32 Å². The number of hydrogen-bond acceptors (Lipinski definition) is 4. The van der Waals surface area contributed by atoms with E-state index < -0.39 is 0 Å². The third-order valence-corrected chi connectivity index (χ3v) is 5.25. The molecule has 0 radical (unpaired) electrons. The van der Waals surface area contributed by atoms with Gasteiger partial charge in [-0.05, 0) is 48.2 Å². The standard InChI is InChI=1S/C18H21N3O3S/c1-13-15(6-11-25-13)12-19-18(24)21-9-7-20(8-10-21)17(23)14-2-4-16(22)5-3-14/h2-6,11,22H,7-10,12H2,1H3,(H,19,24). The monoisotopic (exact) mass is 359 g/mol. The maximum absolute atomic E-state index is 12.4. The van der Waals surface area contributed by atoms with Crippen LogP contribution in [-0.4, -0.2) is 53.0 Å². The lowest BCUT2D eigenvalue weighted by Gasteiger charge is -2.34. The molecule has 1 aliphatic heterocycles. The fraction of sp³-hybridized carbons (Fsp3) is 0.333. The van der Waals surface area contributed by atoms with Crippen LogP contribution in [0.1, 0.15) is 20.8 Å². The summed E-state index contributed by atoms with van der Waals surface area (Å²) < 4.78 is 0. The molecule has 1 aromatic heterocycles. The Kier molecular flexibility index (Phi) is 5.23. The highest BCUT2D eigenvalue weighted by molar-refractivity contribution is 7.10. The highest BCUT2D eigenvalue weighted by Gasteiger charge is 2.24. The quantitative estimate of drug-likeness (QED) is 0.884. The van der Waals surface area contributed by atoms with E-state index in [-0.39, 0.29) is 17.7 Å². The predicted molar refractivity (Wildman–Crippen MR) is 96.9 cm³/mol. The molecule has 3 rings (SSSR count). The average molecular weight is 359 g/mol. The Morgan fingerprint density at radius 3 is 2.32 bits per heavy atom. The van der Waals surface area contributed by atoms with Crippen molar-refractivity contribution in [2.45, 2.75) is 13.5 Å². The molecule has 0 bridgehead atoms. The number of carbonyl (C=O) groups is 2. The largest absolute Gasteiger partial charge is 0.508 e. The minimum atomic E-state index is -0.0951. The van der Waals surface area contributed by atoms with Gasteiger partial charge in [-0.15, -0.1) is 11.3 Å². The molecule has 2 heterocycles. The molecule has 132 valence electrons. The minimum Gasteiger partial charge on any atom is -0.508 e. The number of amides is 3. The zero-order valence-corrected chi connectivity index (χ0v) is 14.9. The van der Waals surface area contributed by atoms with Gasteiger partial charge in [-0.2, -0.15) is 0 Å². The Morgan fingerprint density at radius 1 is 1.08 bits per heavy atom. The predicted octanol–water partition coefficient (Wildman–Crippen LogP) is 2.43. The number of phenols is 1. The van der Waals surface area contributed by atoms with Crippen molar-refractivity contribution in [1.29, 1.82) is 0 Å². The van der Waals surface area contributed by atoms with Gasteiger partial charge < -0.3 is 20.2 Å². The van der Waals surface area contributed by atoms with E-state index in [4.69, 9.17) is 0 Å². The summed E-state index contributed by atoms with van der Waals surface area (Å²) in [6.45, 7) is 4.60. The second kappa shape index (κ2) is 7.57. The topological polar surface area (TPSA) is 72.9 Å². The van der Waals surface area contributed by atoms with Gasteiger partial charge in [-0.1, -0.05) is 0 Å². The van der Waals surface area contributed by atoms with E-state index in [9.17, 15) is 14.7 Å². The number of phenolic OH excluding ortho intramolecular Hbond substituents is 1. The lowest BCUT2D eigenvalue weighted by atomic mass is 10.1. The number of carbonyl (C=O) groups excluding carboxylic acids is 2. The van der Waals surface area contributed by atoms with Crippen molar-refractivity contribution in [3.8, 4) is 5.75 Å². The van der Waals surface area contributed by atoms with Crippen molar-refractivity contribution in [1.82, 2.24) is 15.1 Å². The molecule has 1 fully saturated rings. The summed E-state index contributed by atoms with van der Waals surface area (Å²) in [7, 11) is 0. The van der Waals surface area contributed by atoms with E-state index in [1.165, 1.54) is 17.0 Å². The fourth-order valence-electron chi connectivity index (χ4n) is 2.78. The number of rotatable bonds is 3. The lowest BCUT2D eigenvalue weighted by molar-refractivity contribution is 0.0665. The van der Waals surface area contributed by atoms with E-state index in [1.54, 1.807) is 33.3 Å². The van der Waals surface area contributed by atoms with Crippen molar-refractivity contribution < 1.29 is 14.7 Å². The third-order valence-electron chi connectivity index (χ3n) is 4.36. The van der Waals surface area contributed by atoms with Crippen molar-refractivity contribution in [2.24, 2.45) is 0 Å². The van der Waals surface area contributed by atoms with E-state index in [0.29, 0.717) is 38.3 Å². The summed E-state index contributed by atoms with van der Waals surface area (Å²) in [4.78, 5) is 29.4. The van der Waals surface area contributed by atoms with E-state index in [0.717, 1.165) is 5.56 Å². The van der Waals surface area contributed by atoms with Gasteiger partial charge in [0.25, 0.3) is 5.91 Å². The van der Waals surface area contributed by atoms with Crippen LogP contribution in [0.25, 0.3) is 0 Å². The molecule has 1 saturated heterocycles. The van der Waals surface area contributed by atoms with Gasteiger partial charge in [-0.3, -0.25) is 4.79 Å². The van der Waals surface area contributed by atoms with E-state index in [1.807, 2.05) is 18.4 Å². The van der Waals surface area contributed by atoms with Crippen LogP contribution in [-0.2, 0) is 6.54 Å². The summed E-state index contributed by atoms with van der Waals surface area (Å²) in [5.74, 6) is 0.0628. The molecule has 1 aliphatic rings. The molecule has 0 aliphatic carbocycles. The number of benzene rings is 1. The molecule has 1 aromatic carbocycles. The number of aryl methyl sites for hydroxylation is 1. The molecular formula is C18H21N3O3S. The number of nitrogens with one attached hydrogen (secondary N) is 1. The maximum atomic E-state index is 12.4. The van der Waals surface area contributed by atoms with Gasteiger partial charge in [0.15, 0.2) is 0 Å². The second-order valence-corrected chi connectivity index (χ2v) is 7.11. The van der Waals surface area contributed by atoms with Crippen molar-refractivity contribution in [3.63, 3.8) is 0 Å². The Morgan fingerprint density at radius 2 is 1.72 bits per heavy atom. The Hall–Kier alpha value is -2.54. The molecule has 2 aromatic rings. The van der Waals surface area contributed by atoms with Gasteiger partial charge in [0.1, 0.15) is 5.75 Å². The first kappa shape index (κ1) is 17.3. The first-order valence-corrected chi connectivity index (χ1v) is 9.06. The number of piperazine rings is 1. The van der Waals surface area contributed by atoms with Gasteiger partial charge in [0.2, 0.25) is 0 Å². The van der Waals surface area contributed by atoms with E-state index in [2.05, 4.69) is 5.32 Å². The minimum absolute atomic E-state index is 0.0750. The normalized spacial score (nSPS) is 14.4. The maximum Gasteiger partial charge on any atom is 0.317 e. The third kappa shape index (κ3) is 4.11. The SMILES string of the molecule is Cc1sccc1CNC(=O)N1CCN(C(=O)c2ccc(O)cc2)CC1. The first-order valence-electron chi connectivity index (χ1n) is 8.18. The molecule has 0 spiro atoms. The summed E-state index contributed by atoms with van der Waals surface area (Å²) in [6, 6.07) is 8.16. The van der Waals surface area contributed by atoms with Crippen molar-refractivity contribution >= 4 is 23.3 Å². The van der Waals surface area contributed by atoms with Crippen LogP contribution in [0.4, 0.5) is 4.79 Å². The second-order valence-electron chi connectivity index (χ2n) is 5.99. The highest BCUT2D eigenvalue weighted by Crippen LogP contribution is 2.15. The van der Waals surface area contributed by atoms with Crippen LogP contribution >= 0.6 is 11.3 Å². The molecule has 25 heavy (non-hydrogen) atoms. The molecular weight excluding hydrogens is 338 g/mol. The number of hydrogen-bond donors (Lipinski definition) is 2. The van der Waals surface area contributed by atoms with Gasteiger partial charge in [0, 0.05) is 43.2 Å². The smallest absolute Gasteiger partial charge is 0.317 e.